The van der Waals surface area contributed by atoms with Crippen molar-refractivity contribution in [2.45, 2.75) is 68.7 Å². The molecule has 2 aromatic rings. The van der Waals surface area contributed by atoms with Crippen LogP contribution in [0.2, 0.25) is 0 Å². The lowest BCUT2D eigenvalue weighted by atomic mass is 9.55. The molecule has 40 heavy (non-hydrogen) atoms. The van der Waals surface area contributed by atoms with Gasteiger partial charge >= 0.3 is 12.1 Å². The van der Waals surface area contributed by atoms with E-state index in [1.54, 1.807) is 18.2 Å². The molecule has 0 spiro atoms. The van der Waals surface area contributed by atoms with Crippen LogP contribution in [0.1, 0.15) is 62.1 Å². The largest absolute Gasteiger partial charge is 0.508 e. The van der Waals surface area contributed by atoms with Crippen molar-refractivity contribution in [3.63, 3.8) is 0 Å². The fraction of sp³-hybridized carbons (Fsp3) is 0.484. The van der Waals surface area contributed by atoms with Gasteiger partial charge in [-0.3, -0.25) is 14.5 Å². The number of hydrogen-bond acceptors (Lipinski definition) is 5. The van der Waals surface area contributed by atoms with Crippen molar-refractivity contribution >= 4 is 11.9 Å². The maximum absolute atomic E-state index is 12.8. The van der Waals surface area contributed by atoms with Crippen LogP contribution in [-0.4, -0.2) is 53.2 Å². The molecule has 2 aromatic carbocycles. The molecule has 0 aromatic heterocycles. The second kappa shape index (κ2) is 10.8. The van der Waals surface area contributed by atoms with Gasteiger partial charge in [0.2, 0.25) is 0 Å². The number of esters is 1. The first kappa shape index (κ1) is 28.0. The SMILES string of the molecule is CC(=O)O[C@]12CC[C@@H](NC(=O)C#Cc3ccc(C(F)(F)F)cc3)C[C@]1(c1cccc(O)c1)CCN(CC1CC1)C2. The minimum Gasteiger partial charge on any atom is -0.508 e. The van der Waals surface area contributed by atoms with E-state index in [1.807, 2.05) is 6.07 Å². The molecule has 3 aliphatic rings. The molecule has 2 saturated carbocycles. The number of carbonyl (C=O) groups is 2. The number of fused-ring (bicyclic) bond motifs is 1. The predicted molar refractivity (Wildman–Crippen MR) is 142 cm³/mol. The van der Waals surface area contributed by atoms with Crippen LogP contribution < -0.4 is 5.32 Å². The number of phenolic OH excluding ortho intramolecular Hbond substituents is 1. The van der Waals surface area contributed by atoms with Crippen molar-refractivity contribution in [2.75, 3.05) is 19.6 Å². The van der Waals surface area contributed by atoms with Crippen molar-refractivity contribution in [2.24, 2.45) is 5.92 Å². The first-order valence-electron chi connectivity index (χ1n) is 13.7. The van der Waals surface area contributed by atoms with E-state index in [9.17, 15) is 27.9 Å². The number of piperidine rings is 1. The average Bonchev–Trinajstić information content (AvgIpc) is 3.71. The molecular weight excluding hydrogens is 521 g/mol. The molecule has 5 rings (SSSR count). The molecular formula is C31H33F3N2O4. The summed E-state index contributed by atoms with van der Waals surface area (Å²) in [5.74, 6) is 5.06. The summed E-state index contributed by atoms with van der Waals surface area (Å²) in [6, 6.07) is 11.1. The van der Waals surface area contributed by atoms with E-state index in [1.165, 1.54) is 31.9 Å². The highest BCUT2D eigenvalue weighted by Crippen LogP contribution is 2.54. The van der Waals surface area contributed by atoms with Crippen molar-refractivity contribution < 1.29 is 32.6 Å². The molecule has 1 amide bonds. The zero-order valence-corrected chi connectivity index (χ0v) is 22.4. The molecule has 1 aliphatic heterocycles. The highest BCUT2D eigenvalue weighted by atomic mass is 19.4. The number of phenols is 1. The van der Waals surface area contributed by atoms with Crippen molar-refractivity contribution in [1.29, 1.82) is 0 Å². The Balaban J connectivity index is 1.38. The lowest BCUT2D eigenvalue weighted by molar-refractivity contribution is -0.187. The van der Waals surface area contributed by atoms with Crippen LogP contribution in [0.25, 0.3) is 0 Å². The van der Waals surface area contributed by atoms with Crippen LogP contribution in [0.4, 0.5) is 13.2 Å². The standard InChI is InChI=1S/C31H33F3N2O4/c1-21(37)40-30-14-13-26(35-28(39)12-9-22-7-10-24(11-8-22)31(32,33)34)18-29(30,25-3-2-4-27(38)17-25)15-16-36(20-30)19-23-5-6-23/h2-4,7-8,10-11,17,23,26,38H,5-6,13-16,18-20H2,1H3,(H,35,39)/t26-,29+,30+/m1/s1. The number of ether oxygens (including phenoxy) is 1. The smallest absolute Gasteiger partial charge is 0.416 e. The lowest BCUT2D eigenvalue weighted by Crippen LogP contribution is -2.68. The molecule has 6 nitrogen and oxygen atoms in total. The summed E-state index contributed by atoms with van der Waals surface area (Å²) >= 11 is 0. The third-order valence-corrected chi connectivity index (χ3v) is 8.52. The van der Waals surface area contributed by atoms with Crippen LogP contribution in [0, 0.1) is 17.8 Å². The Morgan fingerprint density at radius 1 is 1.12 bits per heavy atom. The van der Waals surface area contributed by atoms with E-state index in [2.05, 4.69) is 22.1 Å². The Bertz CT molecular complexity index is 1330. The van der Waals surface area contributed by atoms with Crippen LogP contribution in [0.3, 0.4) is 0 Å². The number of hydrogen-bond donors (Lipinski definition) is 2. The molecule has 3 fully saturated rings. The summed E-state index contributed by atoms with van der Waals surface area (Å²) in [6.45, 7) is 3.79. The van der Waals surface area contributed by atoms with E-state index >= 15 is 0 Å². The Labute approximate surface area is 231 Å². The maximum atomic E-state index is 12.8. The number of alkyl halides is 3. The number of carbonyl (C=O) groups excluding carboxylic acids is 2. The van der Waals surface area contributed by atoms with Crippen LogP contribution in [0.15, 0.2) is 48.5 Å². The number of aromatic hydroxyl groups is 1. The van der Waals surface area contributed by atoms with Gasteiger partial charge < -0.3 is 15.2 Å². The third-order valence-electron chi connectivity index (χ3n) is 8.52. The molecule has 0 unspecified atom stereocenters. The quantitative estimate of drug-likeness (QED) is 0.411. The van der Waals surface area contributed by atoms with E-state index < -0.39 is 28.7 Å². The van der Waals surface area contributed by atoms with Gasteiger partial charge in [-0.1, -0.05) is 18.1 Å². The molecule has 2 aliphatic carbocycles. The van der Waals surface area contributed by atoms with Gasteiger partial charge in [-0.05, 0) is 92.9 Å². The van der Waals surface area contributed by atoms with Gasteiger partial charge in [0.1, 0.15) is 11.4 Å². The topological polar surface area (TPSA) is 78.9 Å². The number of benzene rings is 2. The predicted octanol–water partition coefficient (Wildman–Crippen LogP) is 4.79. The van der Waals surface area contributed by atoms with Crippen LogP contribution >= 0.6 is 0 Å². The molecule has 0 radical (unpaired) electrons. The van der Waals surface area contributed by atoms with Gasteiger partial charge in [0.15, 0.2) is 0 Å². The zero-order valence-electron chi connectivity index (χ0n) is 22.4. The van der Waals surface area contributed by atoms with Crippen molar-refractivity contribution in [3.8, 4) is 17.6 Å². The minimum absolute atomic E-state index is 0.123. The molecule has 2 N–H and O–H groups in total. The number of likely N-dealkylation sites (tertiary alicyclic amines) is 1. The lowest BCUT2D eigenvalue weighted by Gasteiger charge is -2.59. The monoisotopic (exact) mass is 554 g/mol. The number of amides is 1. The highest BCUT2D eigenvalue weighted by molar-refractivity contribution is 5.94. The first-order valence-corrected chi connectivity index (χ1v) is 13.7. The maximum Gasteiger partial charge on any atom is 0.416 e. The van der Waals surface area contributed by atoms with Gasteiger partial charge in [-0.25, -0.2) is 0 Å². The fourth-order valence-electron chi connectivity index (χ4n) is 6.53. The normalized spacial score (nSPS) is 26.6. The van der Waals surface area contributed by atoms with E-state index in [0.717, 1.165) is 30.8 Å². The average molecular weight is 555 g/mol. The van der Waals surface area contributed by atoms with Gasteiger partial charge in [-0.2, -0.15) is 13.2 Å². The Kier molecular flexibility index (Phi) is 7.58. The summed E-state index contributed by atoms with van der Waals surface area (Å²) in [5.41, 5.74) is -1.04. The zero-order chi connectivity index (χ0) is 28.5. The number of nitrogens with one attached hydrogen (secondary N) is 1. The van der Waals surface area contributed by atoms with E-state index in [4.69, 9.17) is 4.74 Å². The van der Waals surface area contributed by atoms with Crippen LogP contribution in [0.5, 0.6) is 5.75 Å². The van der Waals surface area contributed by atoms with Gasteiger partial charge in [0.25, 0.3) is 5.91 Å². The molecule has 3 atom stereocenters. The summed E-state index contributed by atoms with van der Waals surface area (Å²) in [7, 11) is 0. The first-order chi connectivity index (χ1) is 19.0. The van der Waals surface area contributed by atoms with E-state index in [0.29, 0.717) is 43.7 Å². The molecule has 9 heteroatoms. The number of halogens is 3. The molecule has 1 heterocycles. The van der Waals surface area contributed by atoms with E-state index in [-0.39, 0.29) is 17.8 Å². The number of rotatable bonds is 5. The Morgan fingerprint density at radius 2 is 1.88 bits per heavy atom. The molecule has 0 bridgehead atoms. The molecule has 212 valence electrons. The number of nitrogens with zero attached hydrogens (tertiary/aromatic N) is 1. The Morgan fingerprint density at radius 3 is 2.52 bits per heavy atom. The summed E-state index contributed by atoms with van der Waals surface area (Å²) < 4.78 is 44.7. The summed E-state index contributed by atoms with van der Waals surface area (Å²) in [6.07, 6.45) is 0.284. The van der Waals surface area contributed by atoms with Crippen molar-refractivity contribution in [1.82, 2.24) is 10.2 Å². The summed E-state index contributed by atoms with van der Waals surface area (Å²) in [4.78, 5) is 27.6. The minimum atomic E-state index is -4.44. The highest BCUT2D eigenvalue weighted by Gasteiger charge is 2.61. The van der Waals surface area contributed by atoms with Crippen LogP contribution in [-0.2, 0) is 25.9 Å². The van der Waals surface area contributed by atoms with Gasteiger partial charge in [0.05, 0.1) is 5.56 Å². The second-order valence-electron chi connectivity index (χ2n) is 11.4. The van der Waals surface area contributed by atoms with Gasteiger partial charge in [-0.15, -0.1) is 0 Å². The summed E-state index contributed by atoms with van der Waals surface area (Å²) in [5, 5.41) is 13.3. The third kappa shape index (κ3) is 5.97. The van der Waals surface area contributed by atoms with Crippen molar-refractivity contribution in [3.05, 3.63) is 65.2 Å². The second-order valence-corrected chi connectivity index (χ2v) is 11.4. The Hall–Kier alpha value is -3.51. The molecule has 1 saturated heterocycles. The van der Waals surface area contributed by atoms with Gasteiger partial charge in [0, 0.05) is 43.0 Å². The fourth-order valence-corrected chi connectivity index (χ4v) is 6.53.